The molecule has 1 nitrogen and oxygen atoms in total. The molecule has 0 amide bonds. The predicted molar refractivity (Wildman–Crippen MR) is 124 cm³/mol. The molecule has 148 valence electrons. The van der Waals surface area contributed by atoms with Crippen molar-refractivity contribution in [1.82, 2.24) is 0 Å². The third-order valence-electron chi connectivity index (χ3n) is 4.83. The van der Waals surface area contributed by atoms with Crippen LogP contribution in [0.3, 0.4) is 0 Å². The van der Waals surface area contributed by atoms with Gasteiger partial charge in [0, 0.05) is 5.92 Å². The standard InChI is InChI=1S/C26H32OS/c1-5-7-18-24(6-2)25(19-22-14-10-8-11-15-22)26(28-4)21(3)27-20-23-16-12-9-13-17-23/h6,8-18,25-26H,2-3,5,7,19-20H2,1,4H3/b24-18+. The van der Waals surface area contributed by atoms with Crippen LogP contribution in [0.25, 0.3) is 0 Å². The Hall–Kier alpha value is -2.19. The maximum atomic E-state index is 6.12. The quantitative estimate of drug-likeness (QED) is 0.278. The van der Waals surface area contributed by atoms with E-state index in [4.69, 9.17) is 4.74 Å². The van der Waals surface area contributed by atoms with Gasteiger partial charge in [-0.2, -0.15) is 11.8 Å². The largest absolute Gasteiger partial charge is 0.493 e. The first kappa shape index (κ1) is 22.1. The predicted octanol–water partition coefficient (Wildman–Crippen LogP) is 7.22. The van der Waals surface area contributed by atoms with E-state index in [1.807, 2.05) is 24.3 Å². The molecular formula is C26H32OS. The molecule has 0 bridgehead atoms. The zero-order valence-electron chi connectivity index (χ0n) is 17.1. The van der Waals surface area contributed by atoms with Crippen LogP contribution in [0.4, 0.5) is 0 Å². The van der Waals surface area contributed by atoms with E-state index in [1.54, 1.807) is 11.8 Å². The van der Waals surface area contributed by atoms with Crippen molar-refractivity contribution in [2.24, 2.45) is 5.92 Å². The number of benzene rings is 2. The molecule has 2 rings (SSSR count). The van der Waals surface area contributed by atoms with Gasteiger partial charge in [0.05, 0.1) is 5.25 Å². The molecule has 0 heterocycles. The van der Waals surface area contributed by atoms with Crippen molar-refractivity contribution < 1.29 is 4.74 Å². The Labute approximate surface area is 175 Å². The number of allylic oxidation sites excluding steroid dienone is 3. The minimum Gasteiger partial charge on any atom is -0.493 e. The Morgan fingerprint density at radius 3 is 2.18 bits per heavy atom. The monoisotopic (exact) mass is 392 g/mol. The highest BCUT2D eigenvalue weighted by molar-refractivity contribution is 7.99. The molecule has 0 saturated carbocycles. The average molecular weight is 393 g/mol. The number of rotatable bonds is 12. The summed E-state index contributed by atoms with van der Waals surface area (Å²) in [6.45, 7) is 11.2. The van der Waals surface area contributed by atoms with Gasteiger partial charge in [-0.05, 0) is 35.8 Å². The number of ether oxygens (including phenoxy) is 1. The number of hydrogen-bond acceptors (Lipinski definition) is 2. The molecule has 0 radical (unpaired) electrons. The lowest BCUT2D eigenvalue weighted by atomic mass is 9.87. The lowest BCUT2D eigenvalue weighted by Gasteiger charge is -2.29. The lowest BCUT2D eigenvalue weighted by Crippen LogP contribution is -2.24. The molecular weight excluding hydrogens is 360 g/mol. The summed E-state index contributed by atoms with van der Waals surface area (Å²) in [7, 11) is 0. The van der Waals surface area contributed by atoms with E-state index < -0.39 is 0 Å². The Kier molecular flexibility index (Phi) is 9.71. The molecule has 2 unspecified atom stereocenters. The summed E-state index contributed by atoms with van der Waals surface area (Å²) in [5.74, 6) is 1.12. The van der Waals surface area contributed by atoms with Crippen molar-refractivity contribution in [3.63, 3.8) is 0 Å². The third-order valence-corrected chi connectivity index (χ3v) is 5.93. The number of hydrogen-bond donors (Lipinski definition) is 0. The van der Waals surface area contributed by atoms with Crippen molar-refractivity contribution in [2.75, 3.05) is 6.26 Å². The van der Waals surface area contributed by atoms with Gasteiger partial charge in [0.25, 0.3) is 0 Å². The van der Waals surface area contributed by atoms with Crippen molar-refractivity contribution in [1.29, 1.82) is 0 Å². The normalized spacial score (nSPS) is 13.6. The van der Waals surface area contributed by atoms with E-state index in [0.29, 0.717) is 6.61 Å². The fraction of sp³-hybridized carbons (Fsp3) is 0.308. The van der Waals surface area contributed by atoms with Crippen LogP contribution in [-0.2, 0) is 17.8 Å². The minimum absolute atomic E-state index is 0.171. The van der Waals surface area contributed by atoms with Gasteiger partial charge < -0.3 is 4.74 Å². The van der Waals surface area contributed by atoms with Crippen LogP contribution < -0.4 is 0 Å². The van der Waals surface area contributed by atoms with E-state index in [-0.39, 0.29) is 11.2 Å². The van der Waals surface area contributed by atoms with Crippen LogP contribution in [-0.4, -0.2) is 11.5 Å². The first-order valence-corrected chi connectivity index (χ1v) is 11.2. The van der Waals surface area contributed by atoms with E-state index in [9.17, 15) is 0 Å². The Morgan fingerprint density at radius 2 is 1.64 bits per heavy atom. The molecule has 2 atom stereocenters. The summed E-state index contributed by atoms with van der Waals surface area (Å²) < 4.78 is 6.12. The highest BCUT2D eigenvalue weighted by Crippen LogP contribution is 2.34. The van der Waals surface area contributed by atoms with Crippen LogP contribution in [0, 0.1) is 5.92 Å². The van der Waals surface area contributed by atoms with Crippen LogP contribution in [0.1, 0.15) is 30.9 Å². The molecule has 2 heteroatoms. The van der Waals surface area contributed by atoms with Crippen LogP contribution >= 0.6 is 11.8 Å². The van der Waals surface area contributed by atoms with E-state index in [1.165, 1.54) is 11.1 Å². The molecule has 28 heavy (non-hydrogen) atoms. The molecule has 0 aliphatic heterocycles. The van der Waals surface area contributed by atoms with E-state index in [2.05, 4.69) is 74.9 Å². The van der Waals surface area contributed by atoms with E-state index in [0.717, 1.165) is 30.6 Å². The fourth-order valence-corrected chi connectivity index (χ4v) is 4.23. The lowest BCUT2D eigenvalue weighted by molar-refractivity contribution is 0.186. The molecule has 0 aliphatic rings. The molecule has 0 saturated heterocycles. The van der Waals surface area contributed by atoms with Gasteiger partial charge in [0.15, 0.2) is 0 Å². The van der Waals surface area contributed by atoms with Crippen LogP contribution in [0.2, 0.25) is 0 Å². The fourth-order valence-electron chi connectivity index (χ4n) is 3.32. The maximum absolute atomic E-state index is 6.12. The van der Waals surface area contributed by atoms with Gasteiger partial charge in [-0.3, -0.25) is 0 Å². The molecule has 0 aromatic heterocycles. The zero-order valence-corrected chi connectivity index (χ0v) is 18.0. The zero-order chi connectivity index (χ0) is 20.2. The van der Waals surface area contributed by atoms with Crippen molar-refractivity contribution >= 4 is 11.8 Å². The van der Waals surface area contributed by atoms with Crippen molar-refractivity contribution in [3.05, 3.63) is 108 Å². The van der Waals surface area contributed by atoms with Crippen LogP contribution in [0.5, 0.6) is 0 Å². The van der Waals surface area contributed by atoms with Gasteiger partial charge in [0.2, 0.25) is 0 Å². The first-order valence-electron chi connectivity index (χ1n) is 9.94. The van der Waals surface area contributed by atoms with E-state index >= 15 is 0 Å². The highest BCUT2D eigenvalue weighted by Gasteiger charge is 2.27. The Balaban J connectivity index is 2.21. The molecule has 0 aliphatic carbocycles. The van der Waals surface area contributed by atoms with Gasteiger partial charge in [-0.1, -0.05) is 99.3 Å². The average Bonchev–Trinajstić information content (AvgIpc) is 2.74. The second kappa shape index (κ2) is 12.3. The summed E-state index contributed by atoms with van der Waals surface area (Å²) in [4.78, 5) is 0. The molecule has 0 N–H and O–H groups in total. The third kappa shape index (κ3) is 6.76. The van der Waals surface area contributed by atoms with Gasteiger partial charge in [0.1, 0.15) is 12.4 Å². The second-order valence-electron chi connectivity index (χ2n) is 6.89. The second-order valence-corrected chi connectivity index (χ2v) is 7.87. The summed E-state index contributed by atoms with van der Waals surface area (Å²) in [6, 6.07) is 20.9. The van der Waals surface area contributed by atoms with Gasteiger partial charge in [-0.15, -0.1) is 0 Å². The number of unbranched alkanes of at least 4 members (excludes halogenated alkanes) is 1. The molecule has 2 aromatic rings. The SMILES string of the molecule is C=C/C(=C\CCC)C(Cc1ccccc1)C(SC)C(=C)OCc1ccccc1. The minimum atomic E-state index is 0.171. The summed E-state index contributed by atoms with van der Waals surface area (Å²) in [6.07, 6.45) is 9.61. The smallest absolute Gasteiger partial charge is 0.113 e. The number of thioether (sulfide) groups is 1. The Morgan fingerprint density at radius 1 is 1.04 bits per heavy atom. The maximum Gasteiger partial charge on any atom is 0.113 e. The summed E-state index contributed by atoms with van der Waals surface area (Å²) in [5.41, 5.74) is 3.77. The van der Waals surface area contributed by atoms with Crippen molar-refractivity contribution in [3.8, 4) is 0 Å². The van der Waals surface area contributed by atoms with Gasteiger partial charge in [-0.25, -0.2) is 0 Å². The molecule has 2 aromatic carbocycles. The first-order chi connectivity index (χ1) is 13.7. The molecule has 0 spiro atoms. The summed E-state index contributed by atoms with van der Waals surface area (Å²) in [5, 5.41) is 0.171. The van der Waals surface area contributed by atoms with Gasteiger partial charge >= 0.3 is 0 Å². The highest BCUT2D eigenvalue weighted by atomic mass is 32.2. The Bertz CT molecular complexity index is 749. The van der Waals surface area contributed by atoms with Crippen LogP contribution in [0.15, 0.2) is 97.3 Å². The molecule has 0 fully saturated rings. The van der Waals surface area contributed by atoms with Crippen molar-refractivity contribution in [2.45, 2.75) is 38.0 Å². The summed E-state index contributed by atoms with van der Waals surface area (Å²) >= 11 is 1.80. The topological polar surface area (TPSA) is 9.23 Å².